The molecule has 0 unspecified atom stereocenters. The van der Waals surface area contributed by atoms with Gasteiger partial charge in [0.1, 0.15) is 5.75 Å². The van der Waals surface area contributed by atoms with Crippen LogP contribution in [0.4, 0.5) is 17.1 Å². The van der Waals surface area contributed by atoms with Crippen LogP contribution < -0.4 is 14.4 Å². The van der Waals surface area contributed by atoms with Gasteiger partial charge in [-0.25, -0.2) is 0 Å². The summed E-state index contributed by atoms with van der Waals surface area (Å²) < 4.78 is 16.8. The number of ether oxygens (including phenoxy) is 2. The lowest BCUT2D eigenvalue weighted by Crippen LogP contribution is -2.10. The first kappa shape index (κ1) is 23.4. The molecule has 1 aliphatic heterocycles. The van der Waals surface area contributed by atoms with Gasteiger partial charge >= 0.3 is 0 Å². The van der Waals surface area contributed by atoms with Crippen molar-refractivity contribution in [1.29, 1.82) is 0 Å². The van der Waals surface area contributed by atoms with Crippen LogP contribution in [0.5, 0.6) is 17.2 Å². The van der Waals surface area contributed by atoms with Gasteiger partial charge in [-0.3, -0.25) is 0 Å². The van der Waals surface area contributed by atoms with Crippen molar-refractivity contribution in [2.45, 2.75) is 0 Å². The van der Waals surface area contributed by atoms with Gasteiger partial charge in [0.25, 0.3) is 0 Å². The van der Waals surface area contributed by atoms with Gasteiger partial charge in [-0.15, -0.1) is 11.3 Å². The molecule has 5 heteroatoms. The van der Waals surface area contributed by atoms with Crippen LogP contribution in [0.1, 0.15) is 0 Å². The van der Waals surface area contributed by atoms with Gasteiger partial charge in [-0.1, -0.05) is 48.5 Å². The summed E-state index contributed by atoms with van der Waals surface area (Å²) in [4.78, 5) is 2.37. The molecule has 0 spiro atoms. The molecule has 3 heterocycles. The van der Waals surface area contributed by atoms with E-state index in [1.807, 2.05) is 35.6 Å². The Hall–Kier alpha value is -5.26. The van der Waals surface area contributed by atoms with E-state index in [0.29, 0.717) is 0 Å². The van der Waals surface area contributed by atoms with Crippen molar-refractivity contribution in [3.8, 4) is 22.9 Å². The van der Waals surface area contributed by atoms with Crippen molar-refractivity contribution < 1.29 is 9.47 Å². The number of rotatable bonds is 4. The fraction of sp³-hybridized carbons (Fsp3) is 0.0270. The Morgan fingerprint density at radius 3 is 2.29 bits per heavy atom. The number of fused-ring (bicyclic) bond motifs is 8. The molecule has 9 rings (SSSR count). The zero-order valence-electron chi connectivity index (χ0n) is 22.7. The van der Waals surface area contributed by atoms with Crippen molar-refractivity contribution in [2.75, 3.05) is 12.0 Å². The predicted molar refractivity (Wildman–Crippen MR) is 175 cm³/mol. The summed E-state index contributed by atoms with van der Waals surface area (Å²) in [6.07, 6.45) is 0. The molecule has 8 aromatic rings. The van der Waals surface area contributed by atoms with E-state index < -0.39 is 0 Å². The van der Waals surface area contributed by atoms with Crippen molar-refractivity contribution in [3.63, 3.8) is 0 Å². The topological polar surface area (TPSA) is 26.6 Å². The molecular weight excluding hydrogens is 536 g/mol. The number of nitrogens with zero attached hydrogens (tertiary/aromatic N) is 2. The van der Waals surface area contributed by atoms with Crippen molar-refractivity contribution in [1.82, 2.24) is 4.57 Å². The number of benzene rings is 6. The van der Waals surface area contributed by atoms with E-state index in [0.717, 1.165) is 51.0 Å². The highest BCUT2D eigenvalue weighted by Gasteiger charge is 2.25. The molecule has 2 aromatic heterocycles. The second-order valence-corrected chi connectivity index (χ2v) is 11.6. The summed E-state index contributed by atoms with van der Waals surface area (Å²) in [5.74, 6) is 2.58. The minimum atomic E-state index is 0.834. The molecule has 200 valence electrons. The first-order valence-electron chi connectivity index (χ1n) is 14.0. The van der Waals surface area contributed by atoms with Crippen LogP contribution in [0.3, 0.4) is 0 Å². The maximum absolute atomic E-state index is 6.36. The van der Waals surface area contributed by atoms with Gasteiger partial charge in [0.05, 0.1) is 29.5 Å². The van der Waals surface area contributed by atoms with Crippen LogP contribution in [0.25, 0.3) is 47.7 Å². The SMILES string of the molecule is COc1ccc(N(c2ccc3c(c2)c2cccc4c2n3-c2ccccc2O4)c2cccc3sc4ccccc4c23)cc1. The van der Waals surface area contributed by atoms with Gasteiger partial charge in [0.2, 0.25) is 0 Å². The van der Waals surface area contributed by atoms with Crippen LogP contribution in [0.15, 0.2) is 127 Å². The third-order valence-corrected chi connectivity index (χ3v) is 9.41. The highest BCUT2D eigenvalue weighted by molar-refractivity contribution is 7.26. The molecule has 6 aromatic carbocycles. The smallest absolute Gasteiger partial charge is 0.152 e. The molecule has 42 heavy (non-hydrogen) atoms. The summed E-state index contributed by atoms with van der Waals surface area (Å²) in [5, 5.41) is 4.89. The number of hydrogen-bond donors (Lipinski definition) is 0. The molecule has 0 aliphatic carbocycles. The van der Waals surface area contributed by atoms with Crippen molar-refractivity contribution >= 4 is 70.4 Å². The second-order valence-electron chi connectivity index (χ2n) is 10.5. The Bertz CT molecular complexity index is 2330. The quantitative estimate of drug-likeness (QED) is 0.214. The average molecular weight is 561 g/mol. The number of thiophene rings is 1. The fourth-order valence-electron chi connectivity index (χ4n) is 6.44. The van der Waals surface area contributed by atoms with Gasteiger partial charge in [0, 0.05) is 42.3 Å². The number of hydrogen-bond acceptors (Lipinski definition) is 4. The van der Waals surface area contributed by atoms with Gasteiger partial charge in [0.15, 0.2) is 11.5 Å². The molecule has 4 nitrogen and oxygen atoms in total. The van der Waals surface area contributed by atoms with E-state index in [2.05, 4.69) is 113 Å². The summed E-state index contributed by atoms with van der Waals surface area (Å²) in [6.45, 7) is 0. The monoisotopic (exact) mass is 560 g/mol. The lowest BCUT2D eigenvalue weighted by molar-refractivity contribution is 0.415. The third-order valence-electron chi connectivity index (χ3n) is 8.27. The van der Waals surface area contributed by atoms with Gasteiger partial charge in [-0.2, -0.15) is 0 Å². The van der Waals surface area contributed by atoms with Crippen LogP contribution >= 0.6 is 11.3 Å². The number of methoxy groups -OCH3 is 1. The maximum Gasteiger partial charge on any atom is 0.152 e. The minimum absolute atomic E-state index is 0.834. The Kier molecular flexibility index (Phi) is 4.95. The Morgan fingerprint density at radius 1 is 0.643 bits per heavy atom. The first-order valence-corrected chi connectivity index (χ1v) is 14.8. The van der Waals surface area contributed by atoms with E-state index in [1.54, 1.807) is 7.11 Å². The predicted octanol–water partition coefficient (Wildman–Crippen LogP) is 10.7. The van der Waals surface area contributed by atoms with Crippen molar-refractivity contribution in [3.05, 3.63) is 127 Å². The van der Waals surface area contributed by atoms with Crippen LogP contribution in [-0.4, -0.2) is 11.7 Å². The lowest BCUT2D eigenvalue weighted by Gasteiger charge is -2.27. The fourth-order valence-corrected chi connectivity index (χ4v) is 7.57. The largest absolute Gasteiger partial charge is 0.497 e. The molecule has 0 atom stereocenters. The molecule has 0 saturated carbocycles. The zero-order valence-corrected chi connectivity index (χ0v) is 23.6. The normalized spacial score (nSPS) is 12.1. The van der Waals surface area contributed by atoms with Crippen LogP contribution in [0.2, 0.25) is 0 Å². The third kappa shape index (κ3) is 3.28. The Labute approximate surface area is 246 Å². The number of anilines is 3. The minimum Gasteiger partial charge on any atom is -0.497 e. The van der Waals surface area contributed by atoms with E-state index in [4.69, 9.17) is 9.47 Å². The Balaban J connectivity index is 1.34. The lowest BCUT2D eigenvalue weighted by atomic mass is 10.1. The summed E-state index contributed by atoms with van der Waals surface area (Å²) in [6, 6.07) is 45.0. The molecule has 0 fully saturated rings. The zero-order chi connectivity index (χ0) is 27.8. The summed E-state index contributed by atoms with van der Waals surface area (Å²) in [5.41, 5.74) is 6.63. The molecule has 1 aliphatic rings. The van der Waals surface area contributed by atoms with Crippen molar-refractivity contribution in [2.24, 2.45) is 0 Å². The second kappa shape index (κ2) is 8.87. The van der Waals surface area contributed by atoms with E-state index in [-0.39, 0.29) is 0 Å². The van der Waals surface area contributed by atoms with Gasteiger partial charge < -0.3 is 18.9 Å². The molecule has 0 bridgehead atoms. The summed E-state index contributed by atoms with van der Waals surface area (Å²) >= 11 is 1.84. The summed E-state index contributed by atoms with van der Waals surface area (Å²) in [7, 11) is 1.71. The molecular formula is C37H24N2O2S. The highest BCUT2D eigenvalue weighted by Crippen LogP contribution is 2.48. The number of aromatic nitrogens is 1. The van der Waals surface area contributed by atoms with Crippen LogP contribution in [-0.2, 0) is 0 Å². The van der Waals surface area contributed by atoms with E-state index in [1.165, 1.54) is 30.9 Å². The standard InChI is InChI=1S/C37H24N2O2S/c1-40-25-19-16-23(17-20-25)38(31-11-7-15-35-36(31)27-8-2-5-14-34(27)42-35)24-18-21-29-28(22-24)26-9-6-13-33-37(26)39(29)30-10-3-4-12-32(30)41-33/h2-22H,1H3. The Morgan fingerprint density at radius 2 is 1.38 bits per heavy atom. The molecule has 0 N–H and O–H groups in total. The number of para-hydroxylation sites is 3. The van der Waals surface area contributed by atoms with Crippen LogP contribution in [0, 0.1) is 0 Å². The van der Waals surface area contributed by atoms with E-state index >= 15 is 0 Å². The first-order chi connectivity index (χ1) is 20.8. The van der Waals surface area contributed by atoms with Gasteiger partial charge in [-0.05, 0) is 78.9 Å². The molecule has 0 saturated heterocycles. The van der Waals surface area contributed by atoms with E-state index in [9.17, 15) is 0 Å². The molecule has 0 radical (unpaired) electrons. The molecule has 0 amide bonds. The maximum atomic E-state index is 6.36. The highest BCUT2D eigenvalue weighted by atomic mass is 32.1. The average Bonchev–Trinajstić information content (AvgIpc) is 3.59.